The molecule has 29 heavy (non-hydrogen) atoms. The van der Waals surface area contributed by atoms with Crippen molar-refractivity contribution < 1.29 is 18.9 Å². The van der Waals surface area contributed by atoms with Gasteiger partial charge in [-0.25, -0.2) is 0 Å². The molecule has 1 aliphatic rings. The molecule has 2 rings (SSSR count). The van der Waals surface area contributed by atoms with Gasteiger partial charge in [0.2, 0.25) is 0 Å². The first-order valence-electron chi connectivity index (χ1n) is 10.3. The second-order valence-corrected chi connectivity index (χ2v) is 6.67. The number of benzene rings is 1. The zero-order valence-corrected chi connectivity index (χ0v) is 20.2. The Bertz CT molecular complexity index is 595. The van der Waals surface area contributed by atoms with Crippen molar-refractivity contribution in [2.45, 2.75) is 33.1 Å². The number of nitrogens with one attached hydrogen (secondary N) is 2. The van der Waals surface area contributed by atoms with Crippen molar-refractivity contribution in [3.05, 3.63) is 18.2 Å². The van der Waals surface area contributed by atoms with E-state index < -0.39 is 0 Å². The highest BCUT2D eigenvalue weighted by Gasteiger charge is 2.13. The van der Waals surface area contributed by atoms with Crippen LogP contribution in [0, 0.1) is 5.92 Å². The van der Waals surface area contributed by atoms with Gasteiger partial charge >= 0.3 is 0 Å². The van der Waals surface area contributed by atoms with Gasteiger partial charge in [0.25, 0.3) is 0 Å². The van der Waals surface area contributed by atoms with Crippen LogP contribution in [0.5, 0.6) is 11.5 Å². The molecule has 7 nitrogen and oxygen atoms in total. The normalized spacial score (nSPS) is 14.8. The molecule has 1 fully saturated rings. The average Bonchev–Trinajstić information content (AvgIpc) is 2.72. The van der Waals surface area contributed by atoms with E-state index in [1.807, 2.05) is 32.0 Å². The predicted molar refractivity (Wildman–Crippen MR) is 128 cm³/mol. The van der Waals surface area contributed by atoms with Crippen molar-refractivity contribution in [1.29, 1.82) is 0 Å². The Hall–Kier alpha value is -1.26. The summed E-state index contributed by atoms with van der Waals surface area (Å²) in [5, 5.41) is 6.58. The lowest BCUT2D eigenvalue weighted by atomic mass is 10.0. The monoisotopic (exact) mass is 521 g/mol. The van der Waals surface area contributed by atoms with Crippen molar-refractivity contribution in [3.8, 4) is 11.5 Å². The van der Waals surface area contributed by atoms with Gasteiger partial charge in [-0.3, -0.25) is 4.99 Å². The van der Waals surface area contributed by atoms with E-state index in [1.165, 1.54) is 0 Å². The molecule has 1 heterocycles. The second kappa shape index (κ2) is 15.6. The molecule has 2 N–H and O–H groups in total. The fraction of sp³-hybridized carbons (Fsp3) is 0.667. The third kappa shape index (κ3) is 9.86. The molecule has 1 aromatic rings. The van der Waals surface area contributed by atoms with E-state index in [4.69, 9.17) is 18.9 Å². The summed E-state index contributed by atoms with van der Waals surface area (Å²) in [6.07, 6.45) is 3.11. The van der Waals surface area contributed by atoms with E-state index in [2.05, 4.69) is 15.6 Å². The standard InChI is InChI=1S/C21H35N3O4.HI/c1-4-22-21(23-11-6-12-27-16-17-9-13-26-14-10-17)24-18-7-8-19(28-5-2)20(15-18)25-3;/h7-8,15,17H,4-6,9-14,16H2,1-3H3,(H2,22,23,24);1H. The van der Waals surface area contributed by atoms with Gasteiger partial charge in [0.05, 0.1) is 13.7 Å². The number of hydrogen-bond acceptors (Lipinski definition) is 5. The fourth-order valence-corrected chi connectivity index (χ4v) is 2.98. The van der Waals surface area contributed by atoms with Crippen LogP contribution in [0.2, 0.25) is 0 Å². The predicted octanol–water partition coefficient (Wildman–Crippen LogP) is 3.92. The minimum Gasteiger partial charge on any atom is -0.493 e. The van der Waals surface area contributed by atoms with Crippen molar-refractivity contribution in [2.75, 3.05) is 58.6 Å². The van der Waals surface area contributed by atoms with E-state index in [1.54, 1.807) is 7.11 Å². The Kier molecular flexibility index (Phi) is 13.8. The fourth-order valence-electron chi connectivity index (χ4n) is 2.98. The topological polar surface area (TPSA) is 73.3 Å². The first-order chi connectivity index (χ1) is 13.8. The third-order valence-corrected chi connectivity index (χ3v) is 4.48. The molecule has 0 amide bonds. The number of methoxy groups -OCH3 is 1. The summed E-state index contributed by atoms with van der Waals surface area (Å²) in [6.45, 7) is 9.40. The Labute approximate surface area is 191 Å². The number of guanidine groups is 1. The van der Waals surface area contributed by atoms with Gasteiger partial charge in [-0.1, -0.05) is 0 Å². The first kappa shape index (κ1) is 25.8. The van der Waals surface area contributed by atoms with E-state index in [0.29, 0.717) is 24.8 Å². The van der Waals surface area contributed by atoms with E-state index in [9.17, 15) is 0 Å². The minimum absolute atomic E-state index is 0. The first-order valence-corrected chi connectivity index (χ1v) is 10.3. The lowest BCUT2D eigenvalue weighted by Gasteiger charge is -2.21. The summed E-state index contributed by atoms with van der Waals surface area (Å²) in [7, 11) is 1.64. The Balaban J connectivity index is 0.00000420. The summed E-state index contributed by atoms with van der Waals surface area (Å²) < 4.78 is 22.1. The maximum atomic E-state index is 5.80. The molecule has 166 valence electrons. The van der Waals surface area contributed by atoms with Crippen LogP contribution in [0.4, 0.5) is 5.69 Å². The maximum absolute atomic E-state index is 5.80. The van der Waals surface area contributed by atoms with Crippen molar-refractivity contribution in [3.63, 3.8) is 0 Å². The summed E-state index contributed by atoms with van der Waals surface area (Å²) in [4.78, 5) is 4.63. The van der Waals surface area contributed by atoms with Gasteiger partial charge in [-0.05, 0) is 51.2 Å². The molecule has 0 bridgehead atoms. The SMILES string of the molecule is CCNC(=NCCCOCC1CCOCC1)Nc1ccc(OCC)c(OC)c1.I. The lowest BCUT2D eigenvalue weighted by molar-refractivity contribution is 0.0205. The van der Waals surface area contributed by atoms with Crippen LogP contribution in [0.25, 0.3) is 0 Å². The number of rotatable bonds is 11. The average molecular weight is 521 g/mol. The molecular weight excluding hydrogens is 485 g/mol. The summed E-state index contributed by atoms with van der Waals surface area (Å²) in [6, 6.07) is 5.77. The zero-order valence-electron chi connectivity index (χ0n) is 17.9. The molecular formula is C21H36IN3O4. The van der Waals surface area contributed by atoms with Gasteiger partial charge in [-0.15, -0.1) is 24.0 Å². The van der Waals surface area contributed by atoms with Crippen LogP contribution in [0.3, 0.4) is 0 Å². The Morgan fingerprint density at radius 2 is 2.00 bits per heavy atom. The molecule has 0 saturated carbocycles. The molecule has 1 aromatic carbocycles. The molecule has 0 aliphatic carbocycles. The quantitative estimate of drug-likeness (QED) is 0.199. The maximum Gasteiger partial charge on any atom is 0.195 e. The number of hydrogen-bond donors (Lipinski definition) is 2. The Morgan fingerprint density at radius 3 is 2.69 bits per heavy atom. The summed E-state index contributed by atoms with van der Waals surface area (Å²) in [5.74, 6) is 2.83. The zero-order chi connectivity index (χ0) is 20.0. The number of ether oxygens (including phenoxy) is 4. The van der Waals surface area contributed by atoms with Crippen molar-refractivity contribution in [2.24, 2.45) is 10.9 Å². The highest BCUT2D eigenvalue weighted by Crippen LogP contribution is 2.30. The van der Waals surface area contributed by atoms with Gasteiger partial charge in [0.1, 0.15) is 0 Å². The van der Waals surface area contributed by atoms with Crippen LogP contribution < -0.4 is 20.1 Å². The minimum atomic E-state index is 0. The Morgan fingerprint density at radius 1 is 1.21 bits per heavy atom. The summed E-state index contributed by atoms with van der Waals surface area (Å²) >= 11 is 0. The molecule has 0 aromatic heterocycles. The van der Waals surface area contributed by atoms with E-state index >= 15 is 0 Å². The number of aliphatic imine (C=N–C) groups is 1. The van der Waals surface area contributed by atoms with Gasteiger partial charge in [0, 0.05) is 51.3 Å². The lowest BCUT2D eigenvalue weighted by Crippen LogP contribution is -2.30. The van der Waals surface area contributed by atoms with E-state index in [-0.39, 0.29) is 24.0 Å². The molecule has 0 spiro atoms. The largest absolute Gasteiger partial charge is 0.493 e. The number of anilines is 1. The van der Waals surface area contributed by atoms with Crippen molar-refractivity contribution in [1.82, 2.24) is 5.32 Å². The summed E-state index contributed by atoms with van der Waals surface area (Å²) in [5.41, 5.74) is 0.899. The van der Waals surface area contributed by atoms with Crippen LogP contribution in [0.1, 0.15) is 33.1 Å². The van der Waals surface area contributed by atoms with Crippen LogP contribution in [0.15, 0.2) is 23.2 Å². The van der Waals surface area contributed by atoms with Gasteiger partial charge in [0.15, 0.2) is 17.5 Å². The van der Waals surface area contributed by atoms with Crippen molar-refractivity contribution >= 4 is 35.6 Å². The van der Waals surface area contributed by atoms with Crippen LogP contribution in [-0.4, -0.2) is 59.2 Å². The number of nitrogens with zero attached hydrogens (tertiary/aromatic N) is 1. The smallest absolute Gasteiger partial charge is 0.195 e. The molecule has 0 radical (unpaired) electrons. The molecule has 0 atom stereocenters. The third-order valence-electron chi connectivity index (χ3n) is 4.48. The van der Waals surface area contributed by atoms with E-state index in [0.717, 1.165) is 69.6 Å². The molecule has 1 aliphatic heterocycles. The van der Waals surface area contributed by atoms with Crippen LogP contribution >= 0.6 is 24.0 Å². The highest BCUT2D eigenvalue weighted by molar-refractivity contribution is 14.0. The highest BCUT2D eigenvalue weighted by atomic mass is 127. The molecule has 8 heteroatoms. The second-order valence-electron chi connectivity index (χ2n) is 6.67. The van der Waals surface area contributed by atoms with Gasteiger partial charge in [-0.2, -0.15) is 0 Å². The van der Waals surface area contributed by atoms with Gasteiger partial charge < -0.3 is 29.6 Å². The molecule has 0 unspecified atom stereocenters. The number of halogens is 1. The molecule has 1 saturated heterocycles. The van der Waals surface area contributed by atoms with Crippen LogP contribution in [-0.2, 0) is 9.47 Å².